The summed E-state index contributed by atoms with van der Waals surface area (Å²) in [6, 6.07) is 0. The summed E-state index contributed by atoms with van der Waals surface area (Å²) in [6.07, 6.45) is 2.07. The fourth-order valence-electron chi connectivity index (χ4n) is 3.77. The smallest absolute Gasteiger partial charge is 0.166 e. The second-order valence-corrected chi connectivity index (χ2v) is 5.84. The highest BCUT2D eigenvalue weighted by Crippen LogP contribution is 2.48. The standard InChI is InChI=1S/C16H21NO3/c1-4-10-15(19)14-12(18)6-5-9-7-17(2)8-11(13(9)14)16(10)20-3/h9,19H,4-8H2,1-3H3/t9-/m0/s1. The molecule has 0 amide bonds. The van der Waals surface area contributed by atoms with Crippen LogP contribution in [0.1, 0.15) is 52.7 Å². The van der Waals surface area contributed by atoms with E-state index in [1.165, 1.54) is 0 Å². The molecule has 1 N–H and O–H groups in total. The van der Waals surface area contributed by atoms with Crippen molar-refractivity contribution < 1.29 is 14.6 Å². The summed E-state index contributed by atoms with van der Waals surface area (Å²) in [6.45, 7) is 3.71. The lowest BCUT2D eigenvalue weighted by Crippen LogP contribution is -2.35. The fraction of sp³-hybridized carbons (Fsp3) is 0.562. The van der Waals surface area contributed by atoms with Gasteiger partial charge in [-0.25, -0.2) is 0 Å². The van der Waals surface area contributed by atoms with Crippen LogP contribution in [0.5, 0.6) is 11.5 Å². The molecular formula is C16H21NO3. The Morgan fingerprint density at radius 2 is 2.20 bits per heavy atom. The first-order valence-corrected chi connectivity index (χ1v) is 7.24. The van der Waals surface area contributed by atoms with Crippen LogP contribution in [0.4, 0.5) is 0 Å². The third kappa shape index (κ3) is 1.74. The van der Waals surface area contributed by atoms with Gasteiger partial charge < -0.3 is 14.7 Å². The van der Waals surface area contributed by atoms with Gasteiger partial charge in [-0.05, 0) is 31.4 Å². The van der Waals surface area contributed by atoms with Crippen LogP contribution in [0.3, 0.4) is 0 Å². The minimum Gasteiger partial charge on any atom is -0.507 e. The minimum atomic E-state index is 0.0805. The number of Topliss-reactive ketones (excluding diaryl/α,β-unsaturated/α-hetero) is 1. The maximum Gasteiger partial charge on any atom is 0.166 e. The zero-order valence-electron chi connectivity index (χ0n) is 12.3. The number of carbonyl (C=O) groups is 1. The van der Waals surface area contributed by atoms with Gasteiger partial charge >= 0.3 is 0 Å². The van der Waals surface area contributed by atoms with Crippen LogP contribution in [0.2, 0.25) is 0 Å². The van der Waals surface area contributed by atoms with Gasteiger partial charge in [0.25, 0.3) is 0 Å². The molecule has 1 aromatic carbocycles. The first kappa shape index (κ1) is 13.4. The molecule has 2 aliphatic rings. The number of carbonyl (C=O) groups excluding carboxylic acids is 1. The molecule has 4 heteroatoms. The molecule has 4 nitrogen and oxygen atoms in total. The Hall–Kier alpha value is -1.55. The Labute approximate surface area is 119 Å². The van der Waals surface area contributed by atoms with Crippen LogP contribution in [-0.2, 0) is 13.0 Å². The Morgan fingerprint density at radius 3 is 2.85 bits per heavy atom. The summed E-state index contributed by atoms with van der Waals surface area (Å²) in [7, 11) is 3.74. The molecule has 1 aromatic rings. The Balaban J connectivity index is 2.35. The van der Waals surface area contributed by atoms with E-state index in [9.17, 15) is 9.90 Å². The van der Waals surface area contributed by atoms with Crippen LogP contribution >= 0.6 is 0 Å². The summed E-state index contributed by atoms with van der Waals surface area (Å²) >= 11 is 0. The second-order valence-electron chi connectivity index (χ2n) is 5.84. The molecule has 0 saturated carbocycles. The number of benzene rings is 1. The molecule has 0 aromatic heterocycles. The van der Waals surface area contributed by atoms with E-state index in [1.807, 2.05) is 6.92 Å². The van der Waals surface area contributed by atoms with Gasteiger partial charge in [-0.15, -0.1) is 0 Å². The average Bonchev–Trinajstić information content (AvgIpc) is 2.43. The van der Waals surface area contributed by atoms with Crippen molar-refractivity contribution in [3.63, 3.8) is 0 Å². The lowest BCUT2D eigenvalue weighted by molar-refractivity contribution is 0.0955. The van der Waals surface area contributed by atoms with Gasteiger partial charge in [-0.2, -0.15) is 0 Å². The molecule has 3 rings (SSSR count). The number of rotatable bonds is 2. The number of methoxy groups -OCH3 is 1. The molecule has 1 aliphatic carbocycles. The van der Waals surface area contributed by atoms with E-state index in [1.54, 1.807) is 7.11 Å². The van der Waals surface area contributed by atoms with Crippen LogP contribution in [0.25, 0.3) is 0 Å². The van der Waals surface area contributed by atoms with Gasteiger partial charge in [-0.3, -0.25) is 4.79 Å². The number of nitrogens with zero attached hydrogens (tertiary/aromatic N) is 1. The number of hydrogen-bond donors (Lipinski definition) is 1. The lowest BCUT2D eigenvalue weighted by atomic mass is 9.75. The van der Waals surface area contributed by atoms with Gasteiger partial charge in [0.05, 0.1) is 12.7 Å². The molecule has 0 radical (unpaired) electrons. The molecule has 0 unspecified atom stereocenters. The van der Waals surface area contributed by atoms with E-state index in [2.05, 4.69) is 11.9 Å². The van der Waals surface area contributed by atoms with Crippen molar-refractivity contribution in [1.29, 1.82) is 0 Å². The maximum absolute atomic E-state index is 12.3. The Bertz CT molecular complexity index is 580. The third-order valence-corrected chi connectivity index (χ3v) is 4.59. The highest BCUT2D eigenvalue weighted by Gasteiger charge is 2.37. The van der Waals surface area contributed by atoms with Gasteiger partial charge in [-0.1, -0.05) is 6.92 Å². The highest BCUT2D eigenvalue weighted by molar-refractivity contribution is 6.02. The van der Waals surface area contributed by atoms with Crippen molar-refractivity contribution in [1.82, 2.24) is 4.90 Å². The maximum atomic E-state index is 12.3. The summed E-state index contributed by atoms with van der Waals surface area (Å²) < 4.78 is 5.57. The zero-order valence-corrected chi connectivity index (χ0v) is 12.3. The zero-order chi connectivity index (χ0) is 14.4. The van der Waals surface area contributed by atoms with Crippen molar-refractivity contribution >= 4 is 5.78 Å². The molecular weight excluding hydrogens is 254 g/mol. The Kier molecular flexibility index (Phi) is 3.21. The van der Waals surface area contributed by atoms with Crippen molar-refractivity contribution in [2.45, 2.75) is 38.6 Å². The molecule has 0 fully saturated rings. The molecule has 20 heavy (non-hydrogen) atoms. The summed E-state index contributed by atoms with van der Waals surface area (Å²) in [5, 5.41) is 10.5. The number of ether oxygens (including phenoxy) is 1. The molecule has 0 bridgehead atoms. The number of likely N-dealkylation sites (N-methyl/N-ethyl adjacent to an activating group) is 1. The predicted octanol–water partition coefficient (Wildman–Crippen LogP) is 2.47. The quantitative estimate of drug-likeness (QED) is 0.901. The summed E-state index contributed by atoms with van der Waals surface area (Å²) in [5.41, 5.74) is 3.49. The normalized spacial score (nSPS) is 21.8. The highest BCUT2D eigenvalue weighted by atomic mass is 16.5. The average molecular weight is 275 g/mol. The number of phenolic OH excluding ortho intramolecular Hbond substituents is 1. The van der Waals surface area contributed by atoms with Gasteiger partial charge in [0.15, 0.2) is 5.78 Å². The van der Waals surface area contributed by atoms with Crippen molar-refractivity contribution in [3.05, 3.63) is 22.3 Å². The molecule has 1 heterocycles. The largest absolute Gasteiger partial charge is 0.507 e. The lowest BCUT2D eigenvalue weighted by Gasteiger charge is -2.38. The van der Waals surface area contributed by atoms with Crippen molar-refractivity contribution in [2.24, 2.45) is 0 Å². The van der Waals surface area contributed by atoms with Crippen molar-refractivity contribution in [3.8, 4) is 11.5 Å². The van der Waals surface area contributed by atoms with Crippen LogP contribution in [-0.4, -0.2) is 36.5 Å². The van der Waals surface area contributed by atoms with Crippen LogP contribution in [0, 0.1) is 0 Å². The molecule has 108 valence electrons. The SMILES string of the molecule is CCc1c(O)c2c3c(c1OC)CN(C)C[C@@H]3CCC2=O. The van der Waals surface area contributed by atoms with E-state index in [-0.39, 0.29) is 11.5 Å². The Morgan fingerprint density at radius 1 is 1.45 bits per heavy atom. The molecule has 0 spiro atoms. The molecule has 1 atom stereocenters. The monoisotopic (exact) mass is 275 g/mol. The van der Waals surface area contributed by atoms with E-state index in [0.717, 1.165) is 42.0 Å². The third-order valence-electron chi connectivity index (χ3n) is 4.59. The summed E-state index contributed by atoms with van der Waals surface area (Å²) in [4.78, 5) is 14.5. The number of aromatic hydroxyl groups is 1. The molecule has 1 aliphatic heterocycles. The first-order valence-electron chi connectivity index (χ1n) is 7.24. The van der Waals surface area contributed by atoms with Crippen LogP contribution in [0.15, 0.2) is 0 Å². The van der Waals surface area contributed by atoms with Crippen molar-refractivity contribution in [2.75, 3.05) is 20.7 Å². The summed E-state index contributed by atoms with van der Waals surface area (Å²) in [5.74, 6) is 1.34. The van der Waals surface area contributed by atoms with E-state index in [0.29, 0.717) is 24.3 Å². The van der Waals surface area contributed by atoms with Gasteiger partial charge in [0, 0.05) is 30.6 Å². The predicted molar refractivity (Wildman–Crippen MR) is 76.7 cm³/mol. The van der Waals surface area contributed by atoms with Gasteiger partial charge in [0.2, 0.25) is 0 Å². The number of phenols is 1. The minimum absolute atomic E-state index is 0.0805. The van der Waals surface area contributed by atoms with E-state index < -0.39 is 0 Å². The second kappa shape index (κ2) is 4.77. The van der Waals surface area contributed by atoms with Gasteiger partial charge in [0.1, 0.15) is 11.5 Å². The van der Waals surface area contributed by atoms with Crippen LogP contribution < -0.4 is 4.74 Å². The topological polar surface area (TPSA) is 49.8 Å². The van der Waals surface area contributed by atoms with E-state index >= 15 is 0 Å². The van der Waals surface area contributed by atoms with E-state index in [4.69, 9.17) is 4.74 Å². The fourth-order valence-corrected chi connectivity index (χ4v) is 3.77. The molecule has 0 saturated heterocycles. The first-order chi connectivity index (χ1) is 9.58. The number of ketones is 1. The number of hydrogen-bond acceptors (Lipinski definition) is 4.